The molecule has 1 atom stereocenters. The molecular formula is C15H13BrF2N2O. The predicted molar refractivity (Wildman–Crippen MR) is 80.8 cm³/mol. The van der Waals surface area contributed by atoms with Crippen molar-refractivity contribution in [2.75, 3.05) is 5.32 Å². The standard InChI is InChI=1S/C15H13BrF2N2O/c1-8-2-4-10(7-12(8)17)20-14(15(19)21)11-5-3-9(16)6-13(11)18/h2-7,14,20H,1H3,(H2,19,21)/t14-/m0/s1. The first-order valence-electron chi connectivity index (χ1n) is 6.15. The fraction of sp³-hybridized carbons (Fsp3) is 0.133. The van der Waals surface area contributed by atoms with Crippen LogP contribution in [0, 0.1) is 18.6 Å². The molecule has 0 saturated carbocycles. The van der Waals surface area contributed by atoms with E-state index in [9.17, 15) is 13.6 Å². The van der Waals surface area contributed by atoms with E-state index in [1.807, 2.05) is 0 Å². The van der Waals surface area contributed by atoms with Gasteiger partial charge in [-0.1, -0.05) is 28.1 Å². The van der Waals surface area contributed by atoms with Crippen molar-refractivity contribution in [1.29, 1.82) is 0 Å². The molecule has 0 aromatic heterocycles. The third-order valence-corrected chi connectivity index (χ3v) is 3.53. The highest BCUT2D eigenvalue weighted by Gasteiger charge is 2.21. The van der Waals surface area contributed by atoms with Gasteiger partial charge in [0, 0.05) is 15.7 Å². The predicted octanol–water partition coefficient (Wildman–Crippen LogP) is 3.67. The third-order valence-electron chi connectivity index (χ3n) is 3.04. The summed E-state index contributed by atoms with van der Waals surface area (Å²) < 4.78 is 28.0. The van der Waals surface area contributed by atoms with Gasteiger partial charge in [-0.25, -0.2) is 8.78 Å². The van der Waals surface area contributed by atoms with Gasteiger partial charge in [-0.05, 0) is 36.8 Å². The number of halogens is 3. The Kier molecular flexibility index (Phi) is 4.57. The van der Waals surface area contributed by atoms with Gasteiger partial charge >= 0.3 is 0 Å². The Labute approximate surface area is 129 Å². The van der Waals surface area contributed by atoms with Gasteiger partial charge in [0.05, 0.1) is 0 Å². The fourth-order valence-electron chi connectivity index (χ4n) is 1.89. The van der Waals surface area contributed by atoms with Crippen molar-refractivity contribution in [2.45, 2.75) is 13.0 Å². The quantitative estimate of drug-likeness (QED) is 0.879. The van der Waals surface area contributed by atoms with Crippen molar-refractivity contribution < 1.29 is 13.6 Å². The number of nitrogens with one attached hydrogen (secondary N) is 1. The van der Waals surface area contributed by atoms with Crippen LogP contribution < -0.4 is 11.1 Å². The molecule has 110 valence electrons. The van der Waals surface area contributed by atoms with Crippen molar-refractivity contribution in [1.82, 2.24) is 0 Å². The summed E-state index contributed by atoms with van der Waals surface area (Å²) in [5.74, 6) is -1.75. The van der Waals surface area contributed by atoms with E-state index in [4.69, 9.17) is 5.73 Å². The van der Waals surface area contributed by atoms with Crippen molar-refractivity contribution in [3.63, 3.8) is 0 Å². The minimum absolute atomic E-state index is 0.103. The lowest BCUT2D eigenvalue weighted by molar-refractivity contribution is -0.118. The highest BCUT2D eigenvalue weighted by Crippen LogP contribution is 2.25. The summed E-state index contributed by atoms with van der Waals surface area (Å²) in [6.45, 7) is 1.62. The zero-order valence-corrected chi connectivity index (χ0v) is 12.7. The maximum absolute atomic E-state index is 14.0. The molecular weight excluding hydrogens is 342 g/mol. The highest BCUT2D eigenvalue weighted by atomic mass is 79.9. The number of benzene rings is 2. The molecule has 2 aromatic carbocycles. The van der Waals surface area contributed by atoms with Crippen molar-refractivity contribution in [3.8, 4) is 0 Å². The Bertz CT molecular complexity index is 691. The van der Waals surface area contributed by atoms with Crippen LogP contribution >= 0.6 is 15.9 Å². The molecule has 2 aromatic rings. The maximum Gasteiger partial charge on any atom is 0.244 e. The lowest BCUT2D eigenvalue weighted by Crippen LogP contribution is -2.28. The van der Waals surface area contributed by atoms with Crippen LogP contribution in [0.2, 0.25) is 0 Å². The first kappa shape index (κ1) is 15.4. The van der Waals surface area contributed by atoms with Crippen LogP contribution in [-0.2, 0) is 4.79 Å². The smallest absolute Gasteiger partial charge is 0.244 e. The van der Waals surface area contributed by atoms with Gasteiger partial charge in [0.2, 0.25) is 5.91 Å². The van der Waals surface area contributed by atoms with E-state index in [2.05, 4.69) is 21.2 Å². The van der Waals surface area contributed by atoms with Crippen LogP contribution in [0.25, 0.3) is 0 Å². The fourth-order valence-corrected chi connectivity index (χ4v) is 2.22. The van der Waals surface area contributed by atoms with Gasteiger partial charge in [-0.3, -0.25) is 4.79 Å². The van der Waals surface area contributed by atoms with E-state index in [1.165, 1.54) is 18.2 Å². The molecule has 0 aliphatic heterocycles. The van der Waals surface area contributed by atoms with Crippen LogP contribution in [0.4, 0.5) is 14.5 Å². The van der Waals surface area contributed by atoms with Crippen LogP contribution in [0.15, 0.2) is 40.9 Å². The summed E-state index contributed by atoms with van der Waals surface area (Å²) in [7, 11) is 0. The summed E-state index contributed by atoms with van der Waals surface area (Å²) >= 11 is 3.14. The van der Waals surface area contributed by atoms with E-state index in [0.29, 0.717) is 15.7 Å². The monoisotopic (exact) mass is 354 g/mol. The molecule has 6 heteroatoms. The van der Waals surface area contributed by atoms with Crippen LogP contribution in [0.3, 0.4) is 0 Å². The van der Waals surface area contributed by atoms with Gasteiger partial charge in [0.25, 0.3) is 0 Å². The second kappa shape index (κ2) is 6.22. The van der Waals surface area contributed by atoms with Crippen LogP contribution in [-0.4, -0.2) is 5.91 Å². The van der Waals surface area contributed by atoms with E-state index in [1.54, 1.807) is 25.1 Å². The number of primary amides is 1. The molecule has 0 heterocycles. The SMILES string of the molecule is Cc1ccc(N[C@H](C(N)=O)c2ccc(Br)cc2F)cc1F. The molecule has 0 aliphatic rings. The average Bonchev–Trinajstić information content (AvgIpc) is 2.40. The number of carbonyl (C=O) groups is 1. The average molecular weight is 355 g/mol. The summed E-state index contributed by atoms with van der Waals surface area (Å²) in [6.07, 6.45) is 0. The van der Waals surface area contributed by atoms with Gasteiger partial charge in [0.15, 0.2) is 0 Å². The first-order chi connectivity index (χ1) is 9.88. The molecule has 0 fully saturated rings. The van der Waals surface area contributed by atoms with Crippen LogP contribution in [0.1, 0.15) is 17.2 Å². The Hall–Kier alpha value is -1.95. The zero-order chi connectivity index (χ0) is 15.6. The van der Waals surface area contributed by atoms with E-state index in [-0.39, 0.29) is 5.56 Å². The highest BCUT2D eigenvalue weighted by molar-refractivity contribution is 9.10. The Balaban J connectivity index is 2.35. The number of rotatable bonds is 4. The molecule has 0 bridgehead atoms. The number of anilines is 1. The molecule has 0 saturated heterocycles. The Morgan fingerprint density at radius 2 is 1.90 bits per heavy atom. The topological polar surface area (TPSA) is 55.1 Å². The number of nitrogens with two attached hydrogens (primary N) is 1. The minimum atomic E-state index is -1.08. The van der Waals surface area contributed by atoms with Crippen molar-refractivity contribution in [2.24, 2.45) is 5.73 Å². The summed E-state index contributed by atoms with van der Waals surface area (Å²) in [6, 6.07) is 7.61. The molecule has 1 amide bonds. The lowest BCUT2D eigenvalue weighted by atomic mass is 10.0. The number of aryl methyl sites for hydroxylation is 1. The molecule has 3 nitrogen and oxygen atoms in total. The molecule has 3 N–H and O–H groups in total. The van der Waals surface area contributed by atoms with E-state index < -0.39 is 23.6 Å². The van der Waals surface area contributed by atoms with Gasteiger partial charge in [-0.15, -0.1) is 0 Å². The Morgan fingerprint density at radius 1 is 1.19 bits per heavy atom. The van der Waals surface area contributed by atoms with Crippen molar-refractivity contribution in [3.05, 3.63) is 63.6 Å². The molecule has 21 heavy (non-hydrogen) atoms. The van der Waals surface area contributed by atoms with E-state index >= 15 is 0 Å². The number of hydrogen-bond donors (Lipinski definition) is 2. The normalized spacial score (nSPS) is 12.0. The van der Waals surface area contributed by atoms with Crippen molar-refractivity contribution >= 4 is 27.5 Å². The maximum atomic E-state index is 14.0. The molecule has 0 unspecified atom stereocenters. The molecule has 0 spiro atoms. The van der Waals surface area contributed by atoms with Gasteiger partial charge in [-0.2, -0.15) is 0 Å². The second-order valence-electron chi connectivity index (χ2n) is 4.61. The van der Waals surface area contributed by atoms with Gasteiger partial charge < -0.3 is 11.1 Å². The number of amides is 1. The lowest BCUT2D eigenvalue weighted by Gasteiger charge is -2.18. The summed E-state index contributed by atoms with van der Waals surface area (Å²) in [5.41, 5.74) is 6.25. The summed E-state index contributed by atoms with van der Waals surface area (Å²) in [4.78, 5) is 11.6. The first-order valence-corrected chi connectivity index (χ1v) is 6.94. The van der Waals surface area contributed by atoms with E-state index in [0.717, 1.165) is 0 Å². The zero-order valence-electron chi connectivity index (χ0n) is 11.2. The van der Waals surface area contributed by atoms with Gasteiger partial charge in [0.1, 0.15) is 17.7 Å². The second-order valence-corrected chi connectivity index (χ2v) is 5.53. The molecule has 0 aliphatic carbocycles. The third kappa shape index (κ3) is 3.58. The minimum Gasteiger partial charge on any atom is -0.370 e. The Morgan fingerprint density at radius 3 is 2.48 bits per heavy atom. The largest absolute Gasteiger partial charge is 0.370 e. The van der Waals surface area contributed by atoms with Crippen LogP contribution in [0.5, 0.6) is 0 Å². The summed E-state index contributed by atoms with van der Waals surface area (Å²) in [5, 5.41) is 2.75. The number of carbonyl (C=O) groups excluding carboxylic acids is 1. The number of hydrogen-bond acceptors (Lipinski definition) is 2. The molecule has 0 radical (unpaired) electrons. The molecule has 2 rings (SSSR count).